The predicted molar refractivity (Wildman–Crippen MR) is 171 cm³/mol. The van der Waals surface area contributed by atoms with Crippen molar-refractivity contribution in [1.82, 2.24) is 4.98 Å². The van der Waals surface area contributed by atoms with Crippen LogP contribution in [0.15, 0.2) is 103 Å². The number of allylic oxidation sites excluding steroid dienone is 5. The summed E-state index contributed by atoms with van der Waals surface area (Å²) in [6.45, 7) is 13.7. The molecule has 1 aromatic heterocycles. The molecule has 0 spiro atoms. The molecular formula is C39H47N. The molecule has 0 aliphatic heterocycles. The molecule has 2 aromatic carbocycles. The quantitative estimate of drug-likeness (QED) is 0.251. The Labute approximate surface area is 243 Å². The standard InChI is InChI=1S/C39H47N/c1-28-11-16-35(25-28)32-19-21-34(22-20-32)38(29(2)12-13-30-9-7-6-8-10-30)33-17-14-31(15-18-33)26-37-24-23-36(27-40-37)39(3,4)5/h6-11,16,19-25,27-28,31,33,38H,2,12-15,17-18,26H2,1,3-5H3. The second-order valence-electron chi connectivity index (χ2n) is 13.4. The van der Waals surface area contributed by atoms with Crippen molar-refractivity contribution in [3.63, 3.8) is 0 Å². The van der Waals surface area contributed by atoms with Gasteiger partial charge in [-0.05, 0) is 102 Å². The topological polar surface area (TPSA) is 12.9 Å². The lowest BCUT2D eigenvalue weighted by Gasteiger charge is -2.35. The number of hydrogen-bond acceptors (Lipinski definition) is 1. The van der Waals surface area contributed by atoms with Gasteiger partial charge in [0.25, 0.3) is 0 Å². The molecule has 0 radical (unpaired) electrons. The molecule has 0 bridgehead atoms. The first kappa shape index (κ1) is 28.3. The van der Waals surface area contributed by atoms with Gasteiger partial charge in [-0.15, -0.1) is 0 Å². The molecule has 0 N–H and O–H groups in total. The Bertz CT molecular complexity index is 1310. The van der Waals surface area contributed by atoms with Crippen molar-refractivity contribution in [3.05, 3.63) is 131 Å². The summed E-state index contributed by atoms with van der Waals surface area (Å²) in [6.07, 6.45) is 17.3. The Morgan fingerprint density at radius 2 is 1.65 bits per heavy atom. The molecule has 1 heteroatoms. The van der Waals surface area contributed by atoms with Crippen LogP contribution in [0.4, 0.5) is 0 Å². The number of nitrogens with zero attached hydrogens (tertiary/aromatic N) is 1. The third-order valence-electron chi connectivity index (χ3n) is 9.19. The van der Waals surface area contributed by atoms with Gasteiger partial charge in [-0.3, -0.25) is 4.98 Å². The lowest BCUT2D eigenvalue weighted by atomic mass is 9.69. The molecule has 2 atom stereocenters. The van der Waals surface area contributed by atoms with Crippen molar-refractivity contribution in [2.24, 2.45) is 17.8 Å². The van der Waals surface area contributed by atoms with E-state index in [0.29, 0.717) is 17.8 Å². The van der Waals surface area contributed by atoms with Crippen LogP contribution in [-0.2, 0) is 18.3 Å². The van der Waals surface area contributed by atoms with Crippen molar-refractivity contribution < 1.29 is 0 Å². The third kappa shape index (κ3) is 7.11. The monoisotopic (exact) mass is 529 g/mol. The van der Waals surface area contributed by atoms with Crippen molar-refractivity contribution in [2.75, 3.05) is 0 Å². The first-order valence-corrected chi connectivity index (χ1v) is 15.4. The summed E-state index contributed by atoms with van der Waals surface area (Å²) >= 11 is 0. The number of aryl methyl sites for hydroxylation is 1. The Hall–Kier alpha value is -3.19. The molecule has 40 heavy (non-hydrogen) atoms. The zero-order chi connectivity index (χ0) is 28.1. The number of rotatable bonds is 9. The summed E-state index contributed by atoms with van der Waals surface area (Å²) < 4.78 is 0. The van der Waals surface area contributed by atoms with Gasteiger partial charge in [0.2, 0.25) is 0 Å². The summed E-state index contributed by atoms with van der Waals surface area (Å²) in [4.78, 5) is 4.84. The first-order valence-electron chi connectivity index (χ1n) is 15.4. The fourth-order valence-corrected chi connectivity index (χ4v) is 6.68. The predicted octanol–water partition coefficient (Wildman–Crippen LogP) is 10.3. The van der Waals surface area contributed by atoms with Gasteiger partial charge in [-0.25, -0.2) is 0 Å². The molecule has 1 fully saturated rings. The lowest BCUT2D eigenvalue weighted by molar-refractivity contribution is 0.251. The first-order chi connectivity index (χ1) is 19.3. The highest BCUT2D eigenvalue weighted by atomic mass is 14.7. The fraction of sp³-hybridized carbons (Fsp3) is 0.410. The molecular weight excluding hydrogens is 482 g/mol. The highest BCUT2D eigenvalue weighted by Crippen LogP contribution is 2.44. The summed E-state index contributed by atoms with van der Waals surface area (Å²) in [5.74, 6) is 2.34. The van der Waals surface area contributed by atoms with Crippen molar-refractivity contribution in [2.45, 2.75) is 84.0 Å². The molecule has 3 aromatic rings. The average molecular weight is 530 g/mol. The molecule has 208 valence electrons. The van der Waals surface area contributed by atoms with E-state index in [0.717, 1.165) is 25.2 Å². The summed E-state index contributed by atoms with van der Waals surface area (Å²) in [7, 11) is 0. The van der Waals surface area contributed by atoms with E-state index in [-0.39, 0.29) is 5.41 Å². The van der Waals surface area contributed by atoms with E-state index in [9.17, 15) is 0 Å². The summed E-state index contributed by atoms with van der Waals surface area (Å²) in [5.41, 5.74) is 9.64. The highest BCUT2D eigenvalue weighted by molar-refractivity contribution is 5.76. The van der Waals surface area contributed by atoms with Crippen LogP contribution in [0.5, 0.6) is 0 Å². The Kier molecular flexibility index (Phi) is 8.89. The highest BCUT2D eigenvalue weighted by Gasteiger charge is 2.30. The van der Waals surface area contributed by atoms with E-state index < -0.39 is 0 Å². The van der Waals surface area contributed by atoms with Crippen LogP contribution in [0, 0.1) is 17.8 Å². The third-order valence-corrected chi connectivity index (χ3v) is 9.19. The van der Waals surface area contributed by atoms with E-state index in [4.69, 9.17) is 11.6 Å². The zero-order valence-corrected chi connectivity index (χ0v) is 25.1. The second-order valence-corrected chi connectivity index (χ2v) is 13.4. The van der Waals surface area contributed by atoms with Crippen LogP contribution in [0.3, 0.4) is 0 Å². The van der Waals surface area contributed by atoms with Gasteiger partial charge in [-0.2, -0.15) is 0 Å². The minimum atomic E-state index is 0.156. The number of benzene rings is 2. The summed E-state index contributed by atoms with van der Waals surface area (Å²) in [6, 6.07) is 24.9. The van der Waals surface area contributed by atoms with Crippen molar-refractivity contribution >= 4 is 5.57 Å². The Morgan fingerprint density at radius 3 is 2.25 bits per heavy atom. The van der Waals surface area contributed by atoms with E-state index in [1.165, 1.54) is 64.8 Å². The lowest BCUT2D eigenvalue weighted by Crippen LogP contribution is -2.23. The number of pyridine rings is 1. The van der Waals surface area contributed by atoms with Crippen LogP contribution in [0.25, 0.3) is 5.57 Å². The van der Waals surface area contributed by atoms with Crippen LogP contribution in [0.2, 0.25) is 0 Å². The van der Waals surface area contributed by atoms with E-state index in [1.807, 2.05) is 0 Å². The van der Waals surface area contributed by atoms with Gasteiger partial charge >= 0.3 is 0 Å². The smallest absolute Gasteiger partial charge is 0.0406 e. The molecule has 1 heterocycles. The molecule has 2 unspecified atom stereocenters. The van der Waals surface area contributed by atoms with Gasteiger partial charge in [-0.1, -0.05) is 119 Å². The molecule has 0 amide bonds. The SMILES string of the molecule is C=C(CCc1ccccc1)C(c1ccc(C2=CC(C)C=C2)cc1)C1CCC(Cc2ccc(C(C)(C)C)cn2)CC1. The van der Waals surface area contributed by atoms with Crippen LogP contribution in [-0.4, -0.2) is 4.98 Å². The Morgan fingerprint density at radius 1 is 0.925 bits per heavy atom. The second kappa shape index (κ2) is 12.5. The molecule has 5 rings (SSSR count). The van der Waals surface area contributed by atoms with Crippen molar-refractivity contribution in [1.29, 1.82) is 0 Å². The van der Waals surface area contributed by atoms with Crippen LogP contribution in [0.1, 0.15) is 93.7 Å². The Balaban J connectivity index is 1.27. The van der Waals surface area contributed by atoms with Crippen LogP contribution < -0.4 is 0 Å². The number of hydrogen-bond donors (Lipinski definition) is 0. The van der Waals surface area contributed by atoms with Gasteiger partial charge < -0.3 is 0 Å². The van der Waals surface area contributed by atoms with Gasteiger partial charge in [0.1, 0.15) is 0 Å². The van der Waals surface area contributed by atoms with Crippen LogP contribution >= 0.6 is 0 Å². The zero-order valence-electron chi connectivity index (χ0n) is 25.1. The molecule has 1 nitrogen and oxygen atoms in total. The molecule has 2 aliphatic carbocycles. The summed E-state index contributed by atoms with van der Waals surface area (Å²) in [5, 5.41) is 0. The molecule has 1 saturated carbocycles. The molecule has 2 aliphatic rings. The number of aromatic nitrogens is 1. The fourth-order valence-electron chi connectivity index (χ4n) is 6.68. The van der Waals surface area contributed by atoms with Gasteiger partial charge in [0.05, 0.1) is 0 Å². The molecule has 0 saturated heterocycles. The normalized spacial score (nSPS) is 21.7. The van der Waals surface area contributed by atoms with Gasteiger partial charge in [0, 0.05) is 17.8 Å². The average Bonchev–Trinajstić information content (AvgIpc) is 3.40. The maximum atomic E-state index is 4.84. The maximum absolute atomic E-state index is 4.84. The van der Waals surface area contributed by atoms with Crippen molar-refractivity contribution in [3.8, 4) is 0 Å². The van der Waals surface area contributed by atoms with E-state index >= 15 is 0 Å². The van der Waals surface area contributed by atoms with E-state index in [2.05, 4.69) is 119 Å². The minimum absolute atomic E-state index is 0.156. The van der Waals surface area contributed by atoms with E-state index in [1.54, 1.807) is 0 Å². The maximum Gasteiger partial charge on any atom is 0.0406 e. The minimum Gasteiger partial charge on any atom is -0.261 e. The largest absolute Gasteiger partial charge is 0.261 e. The van der Waals surface area contributed by atoms with Gasteiger partial charge in [0.15, 0.2) is 0 Å².